The Kier molecular flexibility index (Phi) is 7.76. The molecular weight excluding hydrogens is 278 g/mol. The molecule has 0 aliphatic carbocycles. The molecule has 0 aliphatic rings. The van der Waals surface area contributed by atoms with Gasteiger partial charge in [0.25, 0.3) is 0 Å². The fourth-order valence-electron chi connectivity index (χ4n) is 1.36. The van der Waals surface area contributed by atoms with Gasteiger partial charge < -0.3 is 20.1 Å². The van der Waals surface area contributed by atoms with Crippen LogP contribution in [0.15, 0.2) is 0 Å². The number of ether oxygens (including phenoxy) is 2. The largest absolute Gasteiger partial charge is 0.464 e. The Morgan fingerprint density at radius 2 is 2.00 bits per heavy atom. The van der Waals surface area contributed by atoms with Crippen LogP contribution in [0.5, 0.6) is 6.01 Å². The van der Waals surface area contributed by atoms with Crippen LogP contribution in [0.3, 0.4) is 0 Å². The molecule has 10 heteroatoms. The number of nitrogens with two attached hydrogens (primary N) is 1. The van der Waals surface area contributed by atoms with E-state index in [0.717, 1.165) is 0 Å². The molecule has 0 bridgehead atoms. The van der Waals surface area contributed by atoms with Crippen LogP contribution < -0.4 is 26.6 Å². The van der Waals surface area contributed by atoms with E-state index >= 15 is 0 Å². The smallest absolute Gasteiger partial charge is 0.323 e. The molecule has 1 amide bonds. The third-order valence-electron chi connectivity index (χ3n) is 2.28. The van der Waals surface area contributed by atoms with E-state index in [1.54, 1.807) is 7.11 Å². The summed E-state index contributed by atoms with van der Waals surface area (Å²) in [4.78, 5) is 23.5. The number of nitrogens with one attached hydrogen (secondary N) is 3. The SMILES string of the molecule is CCOc1nc(NN)nc(NCCC(=O)NCCOC)n1. The standard InChI is InChI=1S/C11H21N7O3/c1-3-21-11-16-9(15-10(17-11)18-12)14-5-4-8(19)13-6-7-20-2/h3-7,12H2,1-2H3,(H,13,19)(H2,14,15,16,17,18). The van der Waals surface area contributed by atoms with Crippen LogP contribution in [0.4, 0.5) is 11.9 Å². The van der Waals surface area contributed by atoms with E-state index in [-0.39, 0.29) is 30.2 Å². The van der Waals surface area contributed by atoms with E-state index < -0.39 is 0 Å². The van der Waals surface area contributed by atoms with Crippen molar-refractivity contribution in [1.29, 1.82) is 0 Å². The van der Waals surface area contributed by atoms with Gasteiger partial charge >= 0.3 is 6.01 Å². The van der Waals surface area contributed by atoms with Crippen molar-refractivity contribution >= 4 is 17.8 Å². The lowest BCUT2D eigenvalue weighted by Gasteiger charge is -2.08. The van der Waals surface area contributed by atoms with Crippen LogP contribution in [-0.2, 0) is 9.53 Å². The Morgan fingerprint density at radius 1 is 1.24 bits per heavy atom. The maximum Gasteiger partial charge on any atom is 0.323 e. The molecule has 1 heterocycles. The predicted molar refractivity (Wildman–Crippen MR) is 76.8 cm³/mol. The molecule has 1 rings (SSSR count). The topological polar surface area (TPSA) is 136 Å². The fourth-order valence-corrected chi connectivity index (χ4v) is 1.36. The maximum atomic E-state index is 11.5. The predicted octanol–water partition coefficient (Wildman–Crippen LogP) is -0.879. The summed E-state index contributed by atoms with van der Waals surface area (Å²) in [6, 6.07) is 0.160. The molecule has 21 heavy (non-hydrogen) atoms. The first-order valence-corrected chi connectivity index (χ1v) is 6.54. The van der Waals surface area contributed by atoms with Gasteiger partial charge in [0.2, 0.25) is 17.8 Å². The van der Waals surface area contributed by atoms with Gasteiger partial charge in [0.15, 0.2) is 0 Å². The zero-order valence-corrected chi connectivity index (χ0v) is 12.2. The third kappa shape index (κ3) is 6.68. The number of hydrogen-bond acceptors (Lipinski definition) is 9. The molecule has 1 aromatic heterocycles. The number of hydrogen-bond donors (Lipinski definition) is 4. The zero-order valence-electron chi connectivity index (χ0n) is 12.2. The van der Waals surface area contributed by atoms with E-state index in [2.05, 4.69) is 31.0 Å². The molecule has 0 radical (unpaired) electrons. The Labute approximate surface area is 122 Å². The molecule has 0 saturated heterocycles. The minimum absolute atomic E-state index is 0.0872. The number of aromatic nitrogens is 3. The highest BCUT2D eigenvalue weighted by Gasteiger charge is 2.07. The summed E-state index contributed by atoms with van der Waals surface area (Å²) in [5, 5.41) is 5.62. The highest BCUT2D eigenvalue weighted by molar-refractivity contribution is 5.76. The summed E-state index contributed by atoms with van der Waals surface area (Å²) in [6.45, 7) is 3.58. The number of nitrogens with zero attached hydrogens (tertiary/aromatic N) is 3. The zero-order chi connectivity index (χ0) is 15.5. The minimum Gasteiger partial charge on any atom is -0.464 e. The Morgan fingerprint density at radius 3 is 2.67 bits per heavy atom. The van der Waals surface area contributed by atoms with Crippen molar-refractivity contribution in [3.05, 3.63) is 0 Å². The highest BCUT2D eigenvalue weighted by Crippen LogP contribution is 2.10. The summed E-state index contributed by atoms with van der Waals surface area (Å²) in [6.07, 6.45) is 0.282. The number of carbonyl (C=O) groups excluding carboxylic acids is 1. The summed E-state index contributed by atoms with van der Waals surface area (Å²) >= 11 is 0. The molecule has 118 valence electrons. The lowest BCUT2D eigenvalue weighted by Crippen LogP contribution is -2.28. The Balaban J connectivity index is 2.43. The first-order chi connectivity index (χ1) is 10.2. The molecule has 1 aromatic rings. The van der Waals surface area contributed by atoms with Crippen molar-refractivity contribution in [1.82, 2.24) is 20.3 Å². The van der Waals surface area contributed by atoms with E-state index in [1.165, 1.54) is 0 Å². The lowest BCUT2D eigenvalue weighted by molar-refractivity contribution is -0.121. The molecule has 0 fully saturated rings. The number of methoxy groups -OCH3 is 1. The van der Waals surface area contributed by atoms with E-state index in [9.17, 15) is 4.79 Å². The van der Waals surface area contributed by atoms with Gasteiger partial charge in [-0.1, -0.05) is 0 Å². The van der Waals surface area contributed by atoms with Crippen molar-refractivity contribution in [2.45, 2.75) is 13.3 Å². The summed E-state index contributed by atoms with van der Waals surface area (Å²) in [7, 11) is 1.58. The molecule has 0 atom stereocenters. The van der Waals surface area contributed by atoms with E-state index in [1.807, 2.05) is 6.92 Å². The quantitative estimate of drug-likeness (QED) is 0.246. The number of nitrogen functional groups attached to an aromatic ring is 1. The number of hydrazine groups is 1. The Bertz CT molecular complexity index is 444. The number of carbonyl (C=O) groups is 1. The minimum atomic E-state index is -0.0872. The maximum absolute atomic E-state index is 11.5. The van der Waals surface area contributed by atoms with Crippen molar-refractivity contribution in [2.75, 3.05) is 44.2 Å². The van der Waals surface area contributed by atoms with Gasteiger partial charge in [-0.05, 0) is 6.92 Å². The highest BCUT2D eigenvalue weighted by atomic mass is 16.5. The normalized spacial score (nSPS) is 10.0. The monoisotopic (exact) mass is 299 g/mol. The van der Waals surface area contributed by atoms with Crippen molar-refractivity contribution in [3.63, 3.8) is 0 Å². The van der Waals surface area contributed by atoms with E-state index in [0.29, 0.717) is 26.3 Å². The molecule has 0 saturated carbocycles. The second kappa shape index (κ2) is 9.66. The van der Waals surface area contributed by atoms with Gasteiger partial charge in [0.05, 0.1) is 13.2 Å². The molecule has 0 aliphatic heterocycles. The number of amides is 1. The summed E-state index contributed by atoms with van der Waals surface area (Å²) < 4.78 is 10.0. The molecule has 0 aromatic carbocycles. The van der Waals surface area contributed by atoms with E-state index in [4.69, 9.17) is 15.3 Å². The van der Waals surface area contributed by atoms with Crippen LogP contribution in [0.25, 0.3) is 0 Å². The van der Waals surface area contributed by atoms with Crippen LogP contribution in [-0.4, -0.2) is 54.3 Å². The molecule has 0 spiro atoms. The summed E-state index contributed by atoms with van der Waals surface area (Å²) in [5.41, 5.74) is 2.32. The number of anilines is 2. The van der Waals surface area contributed by atoms with Crippen molar-refractivity contribution < 1.29 is 14.3 Å². The lowest BCUT2D eigenvalue weighted by atomic mass is 10.4. The first kappa shape index (κ1) is 16.9. The molecule has 5 N–H and O–H groups in total. The van der Waals surface area contributed by atoms with Crippen LogP contribution in [0.1, 0.15) is 13.3 Å². The van der Waals surface area contributed by atoms with Crippen LogP contribution in [0.2, 0.25) is 0 Å². The molecule has 0 unspecified atom stereocenters. The van der Waals surface area contributed by atoms with Gasteiger partial charge in [-0.3, -0.25) is 10.2 Å². The van der Waals surface area contributed by atoms with Gasteiger partial charge in [-0.2, -0.15) is 15.0 Å². The average molecular weight is 299 g/mol. The fraction of sp³-hybridized carbons (Fsp3) is 0.636. The second-order valence-corrected chi connectivity index (χ2v) is 3.86. The third-order valence-corrected chi connectivity index (χ3v) is 2.28. The van der Waals surface area contributed by atoms with Crippen LogP contribution in [0, 0.1) is 0 Å². The second-order valence-electron chi connectivity index (χ2n) is 3.86. The van der Waals surface area contributed by atoms with Crippen LogP contribution >= 0.6 is 0 Å². The van der Waals surface area contributed by atoms with Crippen molar-refractivity contribution in [2.24, 2.45) is 5.84 Å². The summed E-state index contributed by atoms with van der Waals surface area (Å²) in [5.74, 6) is 5.64. The van der Waals surface area contributed by atoms with Gasteiger partial charge in [-0.25, -0.2) is 5.84 Å². The van der Waals surface area contributed by atoms with Gasteiger partial charge in [-0.15, -0.1) is 0 Å². The average Bonchev–Trinajstić information content (AvgIpc) is 2.47. The molecular formula is C11H21N7O3. The van der Waals surface area contributed by atoms with Crippen molar-refractivity contribution in [3.8, 4) is 6.01 Å². The first-order valence-electron chi connectivity index (χ1n) is 6.54. The Hall–Kier alpha value is -2.20. The number of rotatable bonds is 10. The van der Waals surface area contributed by atoms with Gasteiger partial charge in [0.1, 0.15) is 0 Å². The van der Waals surface area contributed by atoms with Gasteiger partial charge in [0, 0.05) is 26.6 Å². The molecule has 10 nitrogen and oxygen atoms in total.